The highest BCUT2D eigenvalue weighted by molar-refractivity contribution is 14.0. The number of aliphatic imine (C=N–C) groups is 1. The van der Waals surface area contributed by atoms with E-state index in [2.05, 4.69) is 56.9 Å². The van der Waals surface area contributed by atoms with E-state index in [-0.39, 0.29) is 24.0 Å². The van der Waals surface area contributed by atoms with Crippen molar-refractivity contribution in [2.75, 3.05) is 40.4 Å². The fourth-order valence-electron chi connectivity index (χ4n) is 3.85. The molecule has 2 aromatic carbocycles. The molecule has 7 heteroatoms. The summed E-state index contributed by atoms with van der Waals surface area (Å²) < 4.78 is 11.5. The molecule has 0 unspecified atom stereocenters. The monoisotopic (exact) mass is 552 g/mol. The molecule has 1 aliphatic heterocycles. The van der Waals surface area contributed by atoms with Crippen LogP contribution in [0.5, 0.6) is 5.75 Å². The number of para-hydroxylation sites is 1. The van der Waals surface area contributed by atoms with Crippen LogP contribution in [0.2, 0.25) is 0 Å². The number of piperidine rings is 1. The van der Waals surface area contributed by atoms with Crippen LogP contribution in [-0.4, -0.2) is 57.4 Å². The predicted octanol–water partition coefficient (Wildman–Crippen LogP) is 4.05. The molecule has 0 aromatic heterocycles. The van der Waals surface area contributed by atoms with Crippen molar-refractivity contribution < 1.29 is 9.47 Å². The topological polar surface area (TPSA) is 58.1 Å². The van der Waals surface area contributed by atoms with E-state index in [4.69, 9.17) is 9.47 Å². The summed E-state index contributed by atoms with van der Waals surface area (Å²) in [6.45, 7) is 5.53. The Kier molecular flexibility index (Phi) is 12.4. The molecule has 1 saturated heterocycles. The molecule has 0 radical (unpaired) electrons. The molecule has 3 rings (SSSR count). The molecule has 176 valence electrons. The van der Waals surface area contributed by atoms with Gasteiger partial charge in [0.2, 0.25) is 0 Å². The molecule has 0 spiro atoms. The third kappa shape index (κ3) is 8.96. The average Bonchev–Trinajstić information content (AvgIpc) is 2.82. The number of halogens is 1. The smallest absolute Gasteiger partial charge is 0.191 e. The zero-order valence-electron chi connectivity index (χ0n) is 19.3. The number of benzene rings is 2. The van der Waals surface area contributed by atoms with Crippen molar-refractivity contribution in [2.45, 2.75) is 38.5 Å². The number of nitrogens with one attached hydrogen (secondary N) is 2. The number of nitrogens with zero attached hydrogens (tertiary/aromatic N) is 2. The lowest BCUT2D eigenvalue weighted by Gasteiger charge is -2.32. The first-order valence-electron chi connectivity index (χ1n) is 11.2. The molecule has 1 aliphatic rings. The second-order valence-electron chi connectivity index (χ2n) is 7.85. The van der Waals surface area contributed by atoms with E-state index >= 15 is 0 Å². The molecule has 0 aliphatic carbocycles. The van der Waals surface area contributed by atoms with Crippen molar-refractivity contribution in [1.82, 2.24) is 15.5 Å². The van der Waals surface area contributed by atoms with Crippen LogP contribution in [0.3, 0.4) is 0 Å². The second-order valence-corrected chi connectivity index (χ2v) is 7.85. The van der Waals surface area contributed by atoms with Crippen LogP contribution >= 0.6 is 24.0 Å². The van der Waals surface area contributed by atoms with Gasteiger partial charge in [-0.15, -0.1) is 24.0 Å². The minimum Gasteiger partial charge on any atom is -0.496 e. The first-order chi connectivity index (χ1) is 15.3. The number of methoxy groups -OCH3 is 1. The maximum Gasteiger partial charge on any atom is 0.191 e. The largest absolute Gasteiger partial charge is 0.496 e. The summed E-state index contributed by atoms with van der Waals surface area (Å²) in [6.07, 6.45) is 3.57. The number of likely N-dealkylation sites (tertiary alicyclic amines) is 1. The van der Waals surface area contributed by atoms with Gasteiger partial charge in [0, 0.05) is 51.9 Å². The molecule has 0 saturated carbocycles. The van der Waals surface area contributed by atoms with Gasteiger partial charge in [-0.1, -0.05) is 48.5 Å². The number of hydrogen-bond acceptors (Lipinski definition) is 4. The fraction of sp³-hybridized carbons (Fsp3) is 0.480. The molecule has 6 nitrogen and oxygen atoms in total. The average molecular weight is 553 g/mol. The second kappa shape index (κ2) is 15.1. The summed E-state index contributed by atoms with van der Waals surface area (Å²) in [7, 11) is 3.48. The predicted molar refractivity (Wildman–Crippen MR) is 142 cm³/mol. The summed E-state index contributed by atoms with van der Waals surface area (Å²) in [5.41, 5.74) is 2.50. The van der Waals surface area contributed by atoms with Crippen molar-refractivity contribution in [3.8, 4) is 5.75 Å². The Morgan fingerprint density at radius 3 is 2.47 bits per heavy atom. The molecule has 2 aromatic rings. The van der Waals surface area contributed by atoms with Crippen molar-refractivity contribution in [2.24, 2.45) is 4.99 Å². The van der Waals surface area contributed by atoms with E-state index in [1.54, 1.807) is 14.2 Å². The van der Waals surface area contributed by atoms with E-state index in [1.165, 1.54) is 5.56 Å². The summed E-state index contributed by atoms with van der Waals surface area (Å²) in [5.74, 6) is 1.67. The summed E-state index contributed by atoms with van der Waals surface area (Å²) in [4.78, 5) is 6.82. The minimum absolute atomic E-state index is 0. The minimum atomic E-state index is 0. The Morgan fingerprint density at radius 1 is 1.03 bits per heavy atom. The first-order valence-corrected chi connectivity index (χ1v) is 11.2. The molecular formula is C25H37IN4O2. The van der Waals surface area contributed by atoms with Gasteiger partial charge in [0.25, 0.3) is 0 Å². The first kappa shape index (κ1) is 26.4. The maximum atomic E-state index is 6.11. The number of ether oxygens (including phenoxy) is 2. The Morgan fingerprint density at radius 2 is 1.75 bits per heavy atom. The number of rotatable bonds is 10. The molecule has 0 amide bonds. The quantitative estimate of drug-likeness (QED) is 0.202. The van der Waals surface area contributed by atoms with Gasteiger partial charge in [0.15, 0.2) is 5.96 Å². The summed E-state index contributed by atoms with van der Waals surface area (Å²) >= 11 is 0. The van der Waals surface area contributed by atoms with Crippen molar-refractivity contribution in [3.05, 3.63) is 65.7 Å². The Bertz CT molecular complexity index is 796. The van der Waals surface area contributed by atoms with Crippen molar-refractivity contribution >= 4 is 29.9 Å². The van der Waals surface area contributed by atoms with Crippen LogP contribution in [0, 0.1) is 0 Å². The lowest BCUT2D eigenvalue weighted by atomic mass is 10.1. The van der Waals surface area contributed by atoms with E-state index in [0.717, 1.165) is 69.3 Å². The standard InChI is InChI=1S/C25H36N4O2.HI/c1-26-25(28-19-22-11-6-7-12-24(22)30-2)27-15-8-18-31-23-13-16-29(17-14-23)20-21-9-4-3-5-10-21;/h3-7,9-12,23H,8,13-20H2,1-2H3,(H2,26,27,28);1H. The Hall–Kier alpha value is -1.84. The highest BCUT2D eigenvalue weighted by Crippen LogP contribution is 2.17. The third-order valence-electron chi connectivity index (χ3n) is 5.61. The zero-order valence-corrected chi connectivity index (χ0v) is 21.6. The lowest BCUT2D eigenvalue weighted by molar-refractivity contribution is 0.00534. The van der Waals surface area contributed by atoms with Gasteiger partial charge in [-0.25, -0.2) is 0 Å². The molecule has 0 atom stereocenters. The number of hydrogen-bond donors (Lipinski definition) is 2. The lowest BCUT2D eigenvalue weighted by Crippen LogP contribution is -2.38. The summed E-state index contributed by atoms with van der Waals surface area (Å²) in [5, 5.41) is 6.70. The molecule has 2 N–H and O–H groups in total. The van der Waals surface area contributed by atoms with Gasteiger partial charge in [-0.2, -0.15) is 0 Å². The Labute approximate surface area is 209 Å². The van der Waals surface area contributed by atoms with Gasteiger partial charge in [-0.05, 0) is 30.9 Å². The highest BCUT2D eigenvalue weighted by Gasteiger charge is 2.19. The summed E-state index contributed by atoms with van der Waals surface area (Å²) in [6, 6.07) is 18.7. The van der Waals surface area contributed by atoms with Crippen LogP contribution in [0.25, 0.3) is 0 Å². The van der Waals surface area contributed by atoms with Crippen LogP contribution < -0.4 is 15.4 Å². The maximum absolute atomic E-state index is 6.11. The molecule has 1 fully saturated rings. The van der Waals surface area contributed by atoms with Gasteiger partial charge >= 0.3 is 0 Å². The third-order valence-corrected chi connectivity index (χ3v) is 5.61. The Balaban J connectivity index is 0.00000363. The van der Waals surface area contributed by atoms with E-state index < -0.39 is 0 Å². The number of guanidine groups is 1. The van der Waals surface area contributed by atoms with Crippen molar-refractivity contribution in [3.63, 3.8) is 0 Å². The fourth-order valence-corrected chi connectivity index (χ4v) is 3.85. The van der Waals surface area contributed by atoms with Crippen LogP contribution in [-0.2, 0) is 17.8 Å². The van der Waals surface area contributed by atoms with Crippen LogP contribution in [0.15, 0.2) is 59.6 Å². The van der Waals surface area contributed by atoms with E-state index in [1.807, 2.05) is 18.2 Å². The normalized spacial score (nSPS) is 15.1. The molecule has 32 heavy (non-hydrogen) atoms. The van der Waals surface area contributed by atoms with Gasteiger partial charge in [-0.3, -0.25) is 9.89 Å². The van der Waals surface area contributed by atoms with Crippen LogP contribution in [0.4, 0.5) is 0 Å². The van der Waals surface area contributed by atoms with Gasteiger partial charge in [0.05, 0.1) is 13.2 Å². The molecule has 1 heterocycles. The molecular weight excluding hydrogens is 515 g/mol. The van der Waals surface area contributed by atoms with E-state index in [0.29, 0.717) is 12.6 Å². The molecule has 0 bridgehead atoms. The zero-order chi connectivity index (χ0) is 21.7. The van der Waals surface area contributed by atoms with Gasteiger partial charge < -0.3 is 20.1 Å². The SMILES string of the molecule is CN=C(NCCCOC1CCN(Cc2ccccc2)CC1)NCc1ccccc1OC.I. The van der Waals surface area contributed by atoms with Crippen LogP contribution in [0.1, 0.15) is 30.4 Å². The van der Waals surface area contributed by atoms with Gasteiger partial charge in [0.1, 0.15) is 5.75 Å². The van der Waals surface area contributed by atoms with E-state index in [9.17, 15) is 0 Å². The van der Waals surface area contributed by atoms with Crippen molar-refractivity contribution in [1.29, 1.82) is 0 Å². The highest BCUT2D eigenvalue weighted by atomic mass is 127.